The average molecular weight is 393 g/mol. The Morgan fingerprint density at radius 3 is 2.59 bits per heavy atom. The molecule has 0 heterocycles. The van der Waals surface area contributed by atoms with E-state index in [1.165, 1.54) is 36.4 Å². The van der Waals surface area contributed by atoms with Crippen molar-refractivity contribution in [2.24, 2.45) is 5.73 Å². The summed E-state index contributed by atoms with van der Waals surface area (Å²) >= 11 is 6.10. The molecule has 5 nitrogen and oxygen atoms in total. The summed E-state index contributed by atoms with van der Waals surface area (Å²) in [6.45, 7) is 3.64. The van der Waals surface area contributed by atoms with E-state index in [4.69, 9.17) is 17.3 Å². The van der Waals surface area contributed by atoms with Gasteiger partial charge in [-0.1, -0.05) is 36.7 Å². The number of phenolic OH excluding ortho intramolecular Hbond substituents is 1. The van der Waals surface area contributed by atoms with Crippen molar-refractivity contribution in [2.45, 2.75) is 38.8 Å². The molecule has 0 aliphatic carbocycles. The van der Waals surface area contributed by atoms with Gasteiger partial charge in [-0.25, -0.2) is 4.39 Å². The summed E-state index contributed by atoms with van der Waals surface area (Å²) in [5.41, 5.74) is 5.37. The first-order chi connectivity index (χ1) is 12.7. The number of halogens is 2. The number of carbonyl (C=O) groups excluding carboxylic acids is 2. The Hall–Kier alpha value is -2.44. The van der Waals surface area contributed by atoms with Crippen molar-refractivity contribution in [1.82, 2.24) is 5.32 Å². The van der Waals surface area contributed by atoms with Crippen LogP contribution in [0.5, 0.6) is 5.75 Å². The van der Waals surface area contributed by atoms with E-state index in [-0.39, 0.29) is 39.9 Å². The standard InChI is InChI=1S/C20H22ClFN2O3/c1-3-16(24-11(2)9-17(23)26)14-7-8-15(21)18(19(14)22)20(27)12-5-4-6-13(25)10-12/h4-8,10-11,16,24-25H,3,9H2,1-2H3,(H2,23,26)/t11-,16+/m0/s1. The zero-order chi connectivity index (χ0) is 20.1. The van der Waals surface area contributed by atoms with Crippen molar-refractivity contribution >= 4 is 23.3 Å². The van der Waals surface area contributed by atoms with E-state index in [1.54, 1.807) is 6.92 Å². The molecule has 144 valence electrons. The fourth-order valence-corrected chi connectivity index (χ4v) is 3.20. The lowest BCUT2D eigenvalue weighted by Crippen LogP contribution is -2.34. The van der Waals surface area contributed by atoms with Crippen molar-refractivity contribution < 1.29 is 19.1 Å². The summed E-state index contributed by atoms with van der Waals surface area (Å²) < 4.78 is 15.2. The van der Waals surface area contributed by atoms with Gasteiger partial charge in [-0.3, -0.25) is 9.59 Å². The maximum atomic E-state index is 15.2. The third-order valence-electron chi connectivity index (χ3n) is 4.23. The summed E-state index contributed by atoms with van der Waals surface area (Å²) in [6, 6.07) is 7.97. The van der Waals surface area contributed by atoms with Crippen LogP contribution < -0.4 is 11.1 Å². The summed E-state index contributed by atoms with van der Waals surface area (Å²) in [5, 5.41) is 12.7. The van der Waals surface area contributed by atoms with Crippen LogP contribution in [0, 0.1) is 5.82 Å². The molecule has 0 radical (unpaired) electrons. The van der Waals surface area contributed by atoms with Crippen molar-refractivity contribution in [1.29, 1.82) is 0 Å². The minimum atomic E-state index is -0.721. The molecule has 2 rings (SSSR count). The van der Waals surface area contributed by atoms with E-state index in [0.29, 0.717) is 6.42 Å². The van der Waals surface area contributed by atoms with Crippen LogP contribution in [0.3, 0.4) is 0 Å². The van der Waals surface area contributed by atoms with Gasteiger partial charge in [-0.2, -0.15) is 0 Å². The Labute approximate surface area is 162 Å². The first-order valence-corrected chi connectivity index (χ1v) is 8.98. The number of hydrogen-bond donors (Lipinski definition) is 3. The highest BCUT2D eigenvalue weighted by atomic mass is 35.5. The maximum Gasteiger partial charge on any atom is 0.218 e. The van der Waals surface area contributed by atoms with Crippen molar-refractivity contribution in [3.63, 3.8) is 0 Å². The molecule has 4 N–H and O–H groups in total. The molecule has 2 aromatic rings. The van der Waals surface area contributed by atoms with E-state index >= 15 is 4.39 Å². The molecule has 27 heavy (non-hydrogen) atoms. The maximum absolute atomic E-state index is 15.2. The lowest BCUT2D eigenvalue weighted by Gasteiger charge is -2.23. The first kappa shape index (κ1) is 20.9. The summed E-state index contributed by atoms with van der Waals surface area (Å²) in [7, 11) is 0. The molecule has 1 amide bonds. The van der Waals surface area contributed by atoms with Gasteiger partial charge in [0, 0.05) is 29.6 Å². The van der Waals surface area contributed by atoms with Gasteiger partial charge >= 0.3 is 0 Å². The summed E-state index contributed by atoms with van der Waals surface area (Å²) in [4.78, 5) is 23.8. The van der Waals surface area contributed by atoms with Gasteiger partial charge in [-0.05, 0) is 31.5 Å². The van der Waals surface area contributed by atoms with E-state index < -0.39 is 23.5 Å². The number of rotatable bonds is 8. The minimum absolute atomic E-state index is 0.00960. The molecule has 0 bridgehead atoms. The normalized spacial score (nSPS) is 13.2. The predicted octanol–water partition coefficient (Wildman–Crippen LogP) is 3.72. The Morgan fingerprint density at radius 2 is 2.00 bits per heavy atom. The predicted molar refractivity (Wildman–Crippen MR) is 102 cm³/mol. The van der Waals surface area contributed by atoms with Gasteiger partial charge < -0.3 is 16.2 Å². The number of ketones is 1. The lowest BCUT2D eigenvalue weighted by atomic mass is 9.95. The molecule has 2 aromatic carbocycles. The Balaban J connectivity index is 2.41. The van der Waals surface area contributed by atoms with E-state index in [2.05, 4.69) is 5.32 Å². The molecular weight excluding hydrogens is 371 g/mol. The molecule has 2 atom stereocenters. The van der Waals surface area contributed by atoms with Crippen molar-refractivity contribution in [2.75, 3.05) is 0 Å². The Bertz CT molecular complexity index is 857. The Morgan fingerprint density at radius 1 is 1.30 bits per heavy atom. The number of nitrogens with one attached hydrogen (secondary N) is 1. The average Bonchev–Trinajstić information content (AvgIpc) is 2.59. The van der Waals surface area contributed by atoms with Gasteiger partial charge in [0.1, 0.15) is 11.6 Å². The SMILES string of the molecule is CC[C@@H](N[C@@H](C)CC(N)=O)c1ccc(Cl)c(C(=O)c2cccc(O)c2)c1F. The fourth-order valence-electron chi connectivity index (χ4n) is 2.97. The van der Waals surface area contributed by atoms with Crippen LogP contribution in [-0.2, 0) is 4.79 Å². The van der Waals surface area contributed by atoms with Crippen LogP contribution in [0.2, 0.25) is 5.02 Å². The number of phenols is 1. The molecule has 7 heteroatoms. The van der Waals surface area contributed by atoms with E-state index in [9.17, 15) is 14.7 Å². The number of aromatic hydroxyl groups is 1. The molecule has 0 aliphatic heterocycles. The van der Waals surface area contributed by atoms with Gasteiger partial charge in [0.25, 0.3) is 0 Å². The number of hydrogen-bond acceptors (Lipinski definition) is 4. The molecule has 0 saturated heterocycles. The van der Waals surface area contributed by atoms with Crippen LogP contribution in [0.25, 0.3) is 0 Å². The molecule has 0 spiro atoms. The monoisotopic (exact) mass is 392 g/mol. The number of benzene rings is 2. The molecule has 0 aliphatic rings. The first-order valence-electron chi connectivity index (χ1n) is 8.60. The van der Waals surface area contributed by atoms with Gasteiger partial charge in [0.15, 0.2) is 5.78 Å². The Kier molecular flexibility index (Phi) is 6.93. The number of nitrogens with two attached hydrogens (primary N) is 1. The second kappa shape index (κ2) is 8.97. The zero-order valence-corrected chi connectivity index (χ0v) is 15.9. The van der Waals surface area contributed by atoms with Gasteiger partial charge in [0.05, 0.1) is 10.6 Å². The number of primary amides is 1. The zero-order valence-electron chi connectivity index (χ0n) is 15.1. The van der Waals surface area contributed by atoms with Crippen LogP contribution in [0.15, 0.2) is 36.4 Å². The van der Waals surface area contributed by atoms with Crippen molar-refractivity contribution in [3.8, 4) is 5.75 Å². The molecule has 0 saturated carbocycles. The summed E-state index contributed by atoms with van der Waals surface area (Å²) in [6.07, 6.45) is 0.641. The van der Waals surface area contributed by atoms with Gasteiger partial charge in [0.2, 0.25) is 5.91 Å². The summed E-state index contributed by atoms with van der Waals surface area (Å²) in [5.74, 6) is -1.89. The molecule has 0 fully saturated rings. The highest BCUT2D eigenvalue weighted by Crippen LogP contribution is 2.30. The fraction of sp³-hybridized carbons (Fsp3) is 0.300. The van der Waals surface area contributed by atoms with Crippen LogP contribution >= 0.6 is 11.6 Å². The highest BCUT2D eigenvalue weighted by molar-refractivity contribution is 6.35. The highest BCUT2D eigenvalue weighted by Gasteiger charge is 2.25. The van der Waals surface area contributed by atoms with Crippen LogP contribution in [0.4, 0.5) is 4.39 Å². The number of carbonyl (C=O) groups is 2. The molecular formula is C20H22ClFN2O3. The second-order valence-electron chi connectivity index (χ2n) is 6.40. The largest absolute Gasteiger partial charge is 0.508 e. The quantitative estimate of drug-likeness (QED) is 0.597. The minimum Gasteiger partial charge on any atom is -0.508 e. The lowest BCUT2D eigenvalue weighted by molar-refractivity contribution is -0.118. The van der Waals surface area contributed by atoms with Crippen LogP contribution in [0.1, 0.15) is 54.2 Å². The van der Waals surface area contributed by atoms with Gasteiger partial charge in [-0.15, -0.1) is 0 Å². The smallest absolute Gasteiger partial charge is 0.218 e. The third-order valence-corrected chi connectivity index (χ3v) is 4.55. The molecule has 0 aromatic heterocycles. The van der Waals surface area contributed by atoms with Crippen LogP contribution in [-0.4, -0.2) is 22.8 Å². The second-order valence-corrected chi connectivity index (χ2v) is 6.81. The van der Waals surface area contributed by atoms with E-state index in [1.807, 2.05) is 6.92 Å². The third kappa shape index (κ3) is 5.05. The van der Waals surface area contributed by atoms with Crippen molar-refractivity contribution in [3.05, 3.63) is 63.9 Å². The van der Waals surface area contributed by atoms with E-state index in [0.717, 1.165) is 0 Å². The molecule has 0 unspecified atom stereocenters. The topological polar surface area (TPSA) is 92.4 Å². The number of amides is 1.